The zero-order valence-electron chi connectivity index (χ0n) is 11.6. The SMILES string of the molecule is CN(Cc1ccccc1)C(=O)C(=O)Nc1cccc(O)c1. The minimum Gasteiger partial charge on any atom is -0.508 e. The summed E-state index contributed by atoms with van der Waals surface area (Å²) in [5, 5.41) is 11.8. The van der Waals surface area contributed by atoms with Gasteiger partial charge in [0.25, 0.3) is 0 Å². The number of benzene rings is 2. The fourth-order valence-electron chi connectivity index (χ4n) is 1.87. The fraction of sp³-hybridized carbons (Fsp3) is 0.125. The minimum absolute atomic E-state index is 0.0258. The Labute approximate surface area is 122 Å². The molecule has 108 valence electrons. The van der Waals surface area contributed by atoms with Gasteiger partial charge in [0.05, 0.1) is 0 Å². The third-order valence-corrected chi connectivity index (χ3v) is 2.91. The number of phenolic OH excluding ortho intramolecular Hbond substituents is 1. The van der Waals surface area contributed by atoms with Crippen molar-refractivity contribution in [1.82, 2.24) is 4.90 Å². The summed E-state index contributed by atoms with van der Waals surface area (Å²) in [5.41, 5.74) is 1.32. The second kappa shape index (κ2) is 6.56. The molecule has 0 aliphatic heterocycles. The van der Waals surface area contributed by atoms with E-state index < -0.39 is 11.8 Å². The van der Waals surface area contributed by atoms with E-state index in [1.807, 2.05) is 30.3 Å². The summed E-state index contributed by atoms with van der Waals surface area (Å²) >= 11 is 0. The molecule has 0 aliphatic rings. The molecule has 0 bridgehead atoms. The lowest BCUT2D eigenvalue weighted by Crippen LogP contribution is -2.36. The van der Waals surface area contributed by atoms with E-state index in [9.17, 15) is 14.7 Å². The van der Waals surface area contributed by atoms with E-state index in [1.165, 1.54) is 17.0 Å². The van der Waals surface area contributed by atoms with E-state index >= 15 is 0 Å². The van der Waals surface area contributed by atoms with Crippen LogP contribution in [0.2, 0.25) is 0 Å². The number of hydrogen-bond acceptors (Lipinski definition) is 3. The molecular formula is C16H16N2O3. The maximum atomic E-state index is 12.0. The summed E-state index contributed by atoms with van der Waals surface area (Å²) < 4.78 is 0. The van der Waals surface area contributed by atoms with E-state index in [4.69, 9.17) is 0 Å². The van der Waals surface area contributed by atoms with Crippen LogP contribution in [0.25, 0.3) is 0 Å². The molecule has 2 aromatic carbocycles. The van der Waals surface area contributed by atoms with Crippen LogP contribution >= 0.6 is 0 Å². The number of hydrogen-bond donors (Lipinski definition) is 2. The van der Waals surface area contributed by atoms with Crippen LogP contribution < -0.4 is 5.32 Å². The first-order valence-electron chi connectivity index (χ1n) is 6.45. The Balaban J connectivity index is 1.97. The Morgan fingerprint density at radius 1 is 1.10 bits per heavy atom. The number of rotatable bonds is 3. The van der Waals surface area contributed by atoms with E-state index in [2.05, 4.69) is 5.32 Å². The quantitative estimate of drug-likeness (QED) is 0.847. The van der Waals surface area contributed by atoms with Gasteiger partial charge in [-0.15, -0.1) is 0 Å². The highest BCUT2D eigenvalue weighted by molar-refractivity contribution is 6.39. The van der Waals surface area contributed by atoms with Gasteiger partial charge in [-0.1, -0.05) is 36.4 Å². The molecule has 0 aromatic heterocycles. The van der Waals surface area contributed by atoms with Crippen LogP contribution in [-0.2, 0) is 16.1 Å². The fourth-order valence-corrected chi connectivity index (χ4v) is 1.87. The highest BCUT2D eigenvalue weighted by Gasteiger charge is 2.18. The maximum absolute atomic E-state index is 12.0. The highest BCUT2D eigenvalue weighted by Crippen LogP contribution is 2.15. The van der Waals surface area contributed by atoms with Crippen LogP contribution in [0.1, 0.15) is 5.56 Å². The van der Waals surface area contributed by atoms with Gasteiger partial charge < -0.3 is 15.3 Å². The summed E-state index contributed by atoms with van der Waals surface area (Å²) in [5.74, 6) is -1.35. The lowest BCUT2D eigenvalue weighted by atomic mass is 10.2. The molecule has 2 rings (SSSR count). The topological polar surface area (TPSA) is 69.6 Å². The van der Waals surface area contributed by atoms with Gasteiger partial charge in [0, 0.05) is 25.3 Å². The monoisotopic (exact) mass is 284 g/mol. The molecule has 0 saturated carbocycles. The smallest absolute Gasteiger partial charge is 0.313 e. The van der Waals surface area contributed by atoms with Crippen LogP contribution in [0.15, 0.2) is 54.6 Å². The van der Waals surface area contributed by atoms with Gasteiger partial charge in [0.15, 0.2) is 0 Å². The summed E-state index contributed by atoms with van der Waals surface area (Å²) in [6.07, 6.45) is 0. The molecule has 0 heterocycles. The largest absolute Gasteiger partial charge is 0.508 e. The molecule has 0 radical (unpaired) electrons. The minimum atomic E-state index is -0.737. The number of amides is 2. The van der Waals surface area contributed by atoms with Crippen LogP contribution in [0.4, 0.5) is 5.69 Å². The average Bonchev–Trinajstić information content (AvgIpc) is 2.47. The molecular weight excluding hydrogens is 268 g/mol. The Kier molecular flexibility index (Phi) is 4.56. The van der Waals surface area contributed by atoms with Crippen LogP contribution in [0.5, 0.6) is 5.75 Å². The summed E-state index contributed by atoms with van der Waals surface area (Å²) in [6.45, 7) is 0.354. The Hall–Kier alpha value is -2.82. The van der Waals surface area contributed by atoms with E-state index in [1.54, 1.807) is 19.2 Å². The van der Waals surface area contributed by atoms with Gasteiger partial charge in [0.1, 0.15) is 5.75 Å². The summed E-state index contributed by atoms with van der Waals surface area (Å²) in [6, 6.07) is 15.5. The zero-order valence-corrected chi connectivity index (χ0v) is 11.6. The van der Waals surface area contributed by atoms with Gasteiger partial charge in [0.2, 0.25) is 0 Å². The first kappa shape index (κ1) is 14.6. The van der Waals surface area contributed by atoms with Gasteiger partial charge in [-0.25, -0.2) is 0 Å². The Morgan fingerprint density at radius 3 is 2.48 bits per heavy atom. The van der Waals surface area contributed by atoms with Crippen molar-refractivity contribution >= 4 is 17.5 Å². The van der Waals surface area contributed by atoms with Crippen molar-refractivity contribution in [3.63, 3.8) is 0 Å². The molecule has 5 nitrogen and oxygen atoms in total. The van der Waals surface area contributed by atoms with Crippen molar-refractivity contribution in [3.05, 3.63) is 60.2 Å². The van der Waals surface area contributed by atoms with E-state index in [0.717, 1.165) is 5.56 Å². The second-order valence-electron chi connectivity index (χ2n) is 4.65. The van der Waals surface area contributed by atoms with Crippen LogP contribution in [0, 0.1) is 0 Å². The standard InChI is InChI=1S/C16H16N2O3/c1-18(11-12-6-3-2-4-7-12)16(21)15(20)17-13-8-5-9-14(19)10-13/h2-10,19H,11H2,1H3,(H,17,20). The summed E-state index contributed by atoms with van der Waals surface area (Å²) in [4.78, 5) is 25.2. The number of nitrogens with zero attached hydrogens (tertiary/aromatic N) is 1. The number of carbonyl (C=O) groups excluding carboxylic acids is 2. The van der Waals surface area contributed by atoms with Crippen molar-refractivity contribution in [2.75, 3.05) is 12.4 Å². The van der Waals surface area contributed by atoms with Crippen molar-refractivity contribution in [2.45, 2.75) is 6.54 Å². The predicted octanol–water partition coefficient (Wildman–Crippen LogP) is 1.99. The molecule has 2 aromatic rings. The Bertz CT molecular complexity index is 641. The van der Waals surface area contributed by atoms with Crippen molar-refractivity contribution in [1.29, 1.82) is 0 Å². The number of nitrogens with one attached hydrogen (secondary N) is 1. The van der Waals surface area contributed by atoms with Crippen molar-refractivity contribution in [2.24, 2.45) is 0 Å². The third-order valence-electron chi connectivity index (χ3n) is 2.91. The lowest BCUT2D eigenvalue weighted by molar-refractivity contribution is -0.142. The Morgan fingerprint density at radius 2 is 1.81 bits per heavy atom. The predicted molar refractivity (Wildman–Crippen MR) is 79.7 cm³/mol. The molecule has 0 saturated heterocycles. The summed E-state index contributed by atoms with van der Waals surface area (Å²) in [7, 11) is 1.57. The van der Waals surface area contributed by atoms with Crippen molar-refractivity contribution < 1.29 is 14.7 Å². The third kappa shape index (κ3) is 4.07. The number of likely N-dealkylation sites (N-methyl/N-ethyl adjacent to an activating group) is 1. The van der Waals surface area contributed by atoms with Gasteiger partial charge >= 0.3 is 11.8 Å². The molecule has 5 heteroatoms. The first-order chi connectivity index (χ1) is 10.1. The number of carbonyl (C=O) groups is 2. The van der Waals surface area contributed by atoms with E-state index in [-0.39, 0.29) is 5.75 Å². The number of phenols is 1. The molecule has 21 heavy (non-hydrogen) atoms. The van der Waals surface area contributed by atoms with Crippen LogP contribution in [-0.4, -0.2) is 28.9 Å². The zero-order chi connectivity index (χ0) is 15.2. The molecule has 0 unspecified atom stereocenters. The molecule has 0 aliphatic carbocycles. The first-order valence-corrected chi connectivity index (χ1v) is 6.45. The molecule has 0 atom stereocenters. The van der Waals surface area contributed by atoms with E-state index in [0.29, 0.717) is 12.2 Å². The number of anilines is 1. The maximum Gasteiger partial charge on any atom is 0.313 e. The molecule has 0 fully saturated rings. The van der Waals surface area contributed by atoms with Crippen molar-refractivity contribution in [3.8, 4) is 5.75 Å². The van der Waals surface area contributed by atoms with Gasteiger partial charge in [-0.3, -0.25) is 9.59 Å². The average molecular weight is 284 g/mol. The molecule has 2 amide bonds. The second-order valence-corrected chi connectivity index (χ2v) is 4.65. The van der Waals surface area contributed by atoms with Gasteiger partial charge in [-0.2, -0.15) is 0 Å². The van der Waals surface area contributed by atoms with Crippen LogP contribution in [0.3, 0.4) is 0 Å². The highest BCUT2D eigenvalue weighted by atomic mass is 16.3. The molecule has 0 spiro atoms. The molecule has 2 N–H and O–H groups in total. The normalized spacial score (nSPS) is 9.95. The number of aromatic hydroxyl groups is 1. The lowest BCUT2D eigenvalue weighted by Gasteiger charge is -2.16. The van der Waals surface area contributed by atoms with Gasteiger partial charge in [-0.05, 0) is 17.7 Å².